The second-order valence-electron chi connectivity index (χ2n) is 3.22. The van der Waals surface area contributed by atoms with Crippen molar-refractivity contribution in [3.8, 4) is 0 Å². The quantitative estimate of drug-likeness (QED) is 0.926. The summed E-state index contributed by atoms with van der Waals surface area (Å²) in [6.07, 6.45) is 0. The zero-order valence-electron chi connectivity index (χ0n) is 8.33. The molecule has 2 aromatic rings. The molecule has 0 fully saturated rings. The van der Waals surface area contributed by atoms with Crippen LogP contribution >= 0.6 is 27.3 Å². The fourth-order valence-corrected chi connectivity index (χ4v) is 2.69. The van der Waals surface area contributed by atoms with E-state index in [1.807, 2.05) is 25.1 Å². The third kappa shape index (κ3) is 3.04. The number of aryl methyl sites for hydroxylation is 1. The molecule has 0 saturated carbocycles. The van der Waals surface area contributed by atoms with Gasteiger partial charge < -0.3 is 5.32 Å². The molecule has 1 N–H and O–H groups in total. The van der Waals surface area contributed by atoms with Gasteiger partial charge in [-0.25, -0.2) is 4.98 Å². The highest BCUT2D eigenvalue weighted by Crippen LogP contribution is 2.22. The van der Waals surface area contributed by atoms with Gasteiger partial charge in [-0.1, -0.05) is 6.07 Å². The highest BCUT2D eigenvalue weighted by Gasteiger charge is 1.98. The minimum absolute atomic E-state index is 0.826. The lowest BCUT2D eigenvalue weighted by molar-refractivity contribution is 1.11. The summed E-state index contributed by atoms with van der Waals surface area (Å²) >= 11 is 5.18. The van der Waals surface area contributed by atoms with Crippen molar-refractivity contribution >= 4 is 33.1 Å². The number of anilines is 1. The Bertz CT molecular complexity index is 453. The van der Waals surface area contributed by atoms with Gasteiger partial charge in [0, 0.05) is 10.6 Å². The number of pyridine rings is 1. The van der Waals surface area contributed by atoms with Gasteiger partial charge in [0.15, 0.2) is 0 Å². The summed E-state index contributed by atoms with van der Waals surface area (Å²) in [6.45, 7) is 2.82. The topological polar surface area (TPSA) is 24.9 Å². The summed E-state index contributed by atoms with van der Waals surface area (Å²) in [5.41, 5.74) is 1.03. The van der Waals surface area contributed by atoms with Gasteiger partial charge in [-0.15, -0.1) is 11.3 Å². The van der Waals surface area contributed by atoms with Crippen LogP contribution in [0.1, 0.15) is 10.6 Å². The fraction of sp³-hybridized carbons (Fsp3) is 0.182. The van der Waals surface area contributed by atoms with E-state index in [1.165, 1.54) is 4.88 Å². The molecule has 0 radical (unpaired) electrons. The number of rotatable bonds is 3. The van der Waals surface area contributed by atoms with E-state index >= 15 is 0 Å². The second kappa shape index (κ2) is 4.77. The number of halogens is 1. The largest absolute Gasteiger partial charge is 0.365 e. The lowest BCUT2D eigenvalue weighted by atomic mass is 10.3. The molecule has 0 saturated heterocycles. The Balaban J connectivity index is 1.99. The van der Waals surface area contributed by atoms with Crippen molar-refractivity contribution in [2.24, 2.45) is 0 Å². The molecule has 2 rings (SSSR count). The van der Waals surface area contributed by atoms with Gasteiger partial charge in [0.05, 0.1) is 10.3 Å². The van der Waals surface area contributed by atoms with Gasteiger partial charge >= 0.3 is 0 Å². The van der Waals surface area contributed by atoms with Crippen molar-refractivity contribution in [3.05, 3.63) is 44.7 Å². The van der Waals surface area contributed by atoms with Crippen LogP contribution in [0.4, 0.5) is 5.82 Å². The molecule has 0 atom stereocenters. The number of aromatic nitrogens is 1. The van der Waals surface area contributed by atoms with Gasteiger partial charge in [0.25, 0.3) is 0 Å². The van der Waals surface area contributed by atoms with Gasteiger partial charge in [-0.2, -0.15) is 0 Å². The molecule has 0 bridgehead atoms. The highest BCUT2D eigenvalue weighted by molar-refractivity contribution is 9.11. The van der Waals surface area contributed by atoms with Crippen molar-refractivity contribution in [2.45, 2.75) is 13.5 Å². The Hall–Kier alpha value is -0.870. The molecular weight excluding hydrogens is 272 g/mol. The second-order valence-corrected chi connectivity index (χ2v) is 5.77. The Morgan fingerprint density at radius 3 is 2.87 bits per heavy atom. The molecule has 4 heteroatoms. The molecule has 2 nitrogen and oxygen atoms in total. The zero-order chi connectivity index (χ0) is 10.7. The molecule has 0 amide bonds. The third-order valence-electron chi connectivity index (χ3n) is 1.96. The first-order valence-electron chi connectivity index (χ1n) is 4.66. The maximum atomic E-state index is 4.38. The predicted octanol–water partition coefficient (Wildman–Crippen LogP) is 3.83. The SMILES string of the molecule is Cc1cccc(NCc2ccc(Br)s2)n1. The van der Waals surface area contributed by atoms with E-state index in [1.54, 1.807) is 11.3 Å². The van der Waals surface area contributed by atoms with E-state index < -0.39 is 0 Å². The predicted molar refractivity (Wildman–Crippen MR) is 68.3 cm³/mol. The summed E-state index contributed by atoms with van der Waals surface area (Å²) in [7, 11) is 0. The van der Waals surface area contributed by atoms with E-state index in [4.69, 9.17) is 0 Å². The smallest absolute Gasteiger partial charge is 0.126 e. The number of hydrogen-bond donors (Lipinski definition) is 1. The van der Waals surface area contributed by atoms with Crippen LogP contribution < -0.4 is 5.32 Å². The number of thiophene rings is 1. The molecule has 0 aliphatic carbocycles. The van der Waals surface area contributed by atoms with Crippen molar-refractivity contribution in [3.63, 3.8) is 0 Å². The van der Waals surface area contributed by atoms with Crippen LogP contribution in [0.25, 0.3) is 0 Å². The van der Waals surface area contributed by atoms with E-state index in [0.29, 0.717) is 0 Å². The van der Waals surface area contributed by atoms with Crippen LogP contribution in [0.5, 0.6) is 0 Å². The van der Waals surface area contributed by atoms with Crippen LogP contribution in [0.15, 0.2) is 34.1 Å². The molecule has 78 valence electrons. The van der Waals surface area contributed by atoms with Crippen molar-refractivity contribution in [1.82, 2.24) is 4.98 Å². The van der Waals surface area contributed by atoms with E-state index in [2.05, 4.69) is 38.4 Å². The normalized spacial score (nSPS) is 10.3. The van der Waals surface area contributed by atoms with Crippen molar-refractivity contribution in [2.75, 3.05) is 5.32 Å². The van der Waals surface area contributed by atoms with E-state index in [0.717, 1.165) is 21.8 Å². The molecule has 0 aliphatic rings. The number of nitrogens with one attached hydrogen (secondary N) is 1. The first kappa shape index (κ1) is 10.6. The average Bonchev–Trinajstić information content (AvgIpc) is 2.62. The molecule has 0 unspecified atom stereocenters. The molecule has 0 aromatic carbocycles. The van der Waals surface area contributed by atoms with Crippen LogP contribution in [0, 0.1) is 6.92 Å². The average molecular weight is 283 g/mol. The minimum atomic E-state index is 0.826. The Kier molecular flexibility index (Phi) is 3.38. The Labute approximate surface area is 101 Å². The first-order chi connectivity index (χ1) is 7.24. The summed E-state index contributed by atoms with van der Waals surface area (Å²) in [5, 5.41) is 3.29. The number of nitrogens with zero attached hydrogens (tertiary/aromatic N) is 1. The standard InChI is InChI=1S/C11H11BrN2S/c1-8-3-2-4-11(14-8)13-7-9-5-6-10(12)15-9/h2-6H,7H2,1H3,(H,13,14). The summed E-state index contributed by atoms with van der Waals surface area (Å²) in [5.74, 6) is 0.930. The molecule has 0 spiro atoms. The summed E-state index contributed by atoms with van der Waals surface area (Å²) in [6, 6.07) is 10.2. The van der Waals surface area contributed by atoms with Gasteiger partial charge in [-0.05, 0) is 47.1 Å². The van der Waals surface area contributed by atoms with E-state index in [9.17, 15) is 0 Å². The summed E-state index contributed by atoms with van der Waals surface area (Å²) < 4.78 is 1.16. The van der Waals surface area contributed by atoms with Gasteiger partial charge in [0.1, 0.15) is 5.82 Å². The summed E-state index contributed by atoms with van der Waals surface area (Å²) in [4.78, 5) is 5.67. The molecule has 15 heavy (non-hydrogen) atoms. The maximum absolute atomic E-state index is 4.38. The monoisotopic (exact) mass is 282 g/mol. The van der Waals surface area contributed by atoms with Crippen molar-refractivity contribution < 1.29 is 0 Å². The van der Waals surface area contributed by atoms with Crippen LogP contribution in [0.2, 0.25) is 0 Å². The first-order valence-corrected chi connectivity index (χ1v) is 6.27. The Morgan fingerprint density at radius 2 is 2.20 bits per heavy atom. The molecule has 2 aromatic heterocycles. The van der Waals surface area contributed by atoms with Gasteiger partial charge in [-0.3, -0.25) is 0 Å². The highest BCUT2D eigenvalue weighted by atomic mass is 79.9. The third-order valence-corrected chi connectivity index (χ3v) is 3.58. The van der Waals surface area contributed by atoms with Crippen LogP contribution in [-0.4, -0.2) is 4.98 Å². The molecular formula is C11H11BrN2S. The molecule has 0 aliphatic heterocycles. The van der Waals surface area contributed by atoms with Crippen LogP contribution in [0.3, 0.4) is 0 Å². The van der Waals surface area contributed by atoms with Gasteiger partial charge in [0.2, 0.25) is 0 Å². The minimum Gasteiger partial charge on any atom is -0.365 e. The zero-order valence-corrected chi connectivity index (χ0v) is 10.7. The van der Waals surface area contributed by atoms with Crippen LogP contribution in [-0.2, 0) is 6.54 Å². The van der Waals surface area contributed by atoms with E-state index in [-0.39, 0.29) is 0 Å². The maximum Gasteiger partial charge on any atom is 0.126 e. The number of hydrogen-bond acceptors (Lipinski definition) is 3. The molecule has 2 heterocycles. The lowest BCUT2D eigenvalue weighted by Gasteiger charge is -2.03. The van der Waals surface area contributed by atoms with Crippen molar-refractivity contribution in [1.29, 1.82) is 0 Å². The Morgan fingerprint density at radius 1 is 1.33 bits per heavy atom. The lowest BCUT2D eigenvalue weighted by Crippen LogP contribution is -1.99. The fourth-order valence-electron chi connectivity index (χ4n) is 1.27.